The highest BCUT2D eigenvalue weighted by molar-refractivity contribution is 6.07. The second-order valence-corrected chi connectivity index (χ2v) is 6.55. The fourth-order valence-corrected chi connectivity index (χ4v) is 3.50. The van der Waals surface area contributed by atoms with Crippen LogP contribution in [0.25, 0.3) is 5.65 Å². The van der Waals surface area contributed by atoms with Crippen molar-refractivity contribution < 1.29 is 9.18 Å². The van der Waals surface area contributed by atoms with E-state index in [-0.39, 0.29) is 11.9 Å². The van der Waals surface area contributed by atoms with Gasteiger partial charge in [0.25, 0.3) is 5.91 Å². The average molecular weight is 340 g/mol. The minimum absolute atomic E-state index is 0.0463. The summed E-state index contributed by atoms with van der Waals surface area (Å²) in [5.41, 5.74) is 3.24. The number of halogens is 1. The minimum atomic E-state index is -0.560. The Labute approximate surface area is 143 Å². The Hall–Kier alpha value is -2.90. The number of rotatable bonds is 3. The van der Waals surface area contributed by atoms with Crippen molar-refractivity contribution >= 4 is 17.5 Å². The maximum Gasteiger partial charge on any atom is 0.261 e. The third-order valence-electron chi connectivity index (χ3n) is 4.70. The highest BCUT2D eigenvalue weighted by atomic mass is 19.1. The van der Waals surface area contributed by atoms with Crippen LogP contribution in [-0.2, 0) is 6.42 Å². The van der Waals surface area contributed by atoms with E-state index < -0.39 is 5.82 Å². The summed E-state index contributed by atoms with van der Waals surface area (Å²) in [4.78, 5) is 20.3. The molecule has 128 valence electrons. The Morgan fingerprint density at radius 3 is 2.84 bits per heavy atom. The highest BCUT2D eigenvalue weighted by Crippen LogP contribution is 2.39. The zero-order valence-electron chi connectivity index (χ0n) is 13.9. The van der Waals surface area contributed by atoms with E-state index in [2.05, 4.69) is 39.3 Å². The van der Waals surface area contributed by atoms with Gasteiger partial charge in [-0.15, -0.1) is 10.2 Å². The molecular formula is C17H17FN6O. The van der Waals surface area contributed by atoms with Crippen LogP contribution >= 0.6 is 0 Å². The predicted octanol–water partition coefficient (Wildman–Crippen LogP) is 2.60. The first-order valence-corrected chi connectivity index (χ1v) is 8.19. The lowest BCUT2D eigenvalue weighted by molar-refractivity contribution is 0.102. The van der Waals surface area contributed by atoms with E-state index >= 15 is 0 Å². The van der Waals surface area contributed by atoms with Gasteiger partial charge in [-0.05, 0) is 36.3 Å². The van der Waals surface area contributed by atoms with Gasteiger partial charge in [0.15, 0.2) is 11.5 Å². The number of amides is 1. The topological polar surface area (TPSA) is 85.1 Å². The standard InChI is InChI=1S/C17H17FN6O/c1-9(2)11-3-4-14-12(11)5-13(15-23-21-8-24(14)15)16(25)22-17-19-6-10(18)7-20-17/h5-9,11H,3-4H2,1-2H3,(H,19,20,22,25)/t11-/m0/s1. The van der Waals surface area contributed by atoms with Gasteiger partial charge in [0.05, 0.1) is 18.0 Å². The normalized spacial score (nSPS) is 16.4. The summed E-state index contributed by atoms with van der Waals surface area (Å²) in [6, 6.07) is 1.90. The van der Waals surface area contributed by atoms with Gasteiger partial charge in [0, 0.05) is 5.69 Å². The number of aryl methyl sites for hydroxylation is 1. The summed E-state index contributed by atoms with van der Waals surface area (Å²) in [6.45, 7) is 4.37. The molecule has 0 radical (unpaired) electrons. The lowest BCUT2D eigenvalue weighted by Crippen LogP contribution is -2.17. The Kier molecular flexibility index (Phi) is 3.67. The second kappa shape index (κ2) is 5.87. The number of carbonyl (C=O) groups excluding carboxylic acids is 1. The predicted molar refractivity (Wildman–Crippen MR) is 88.8 cm³/mol. The molecule has 8 heteroatoms. The monoisotopic (exact) mass is 340 g/mol. The zero-order valence-corrected chi connectivity index (χ0v) is 13.9. The van der Waals surface area contributed by atoms with E-state index in [1.54, 1.807) is 6.33 Å². The Morgan fingerprint density at radius 1 is 1.36 bits per heavy atom. The Bertz CT molecular complexity index is 950. The van der Waals surface area contributed by atoms with E-state index in [0.29, 0.717) is 23.0 Å². The van der Waals surface area contributed by atoms with Crippen LogP contribution < -0.4 is 5.32 Å². The number of pyridine rings is 1. The maximum absolute atomic E-state index is 12.9. The van der Waals surface area contributed by atoms with Crippen molar-refractivity contribution in [3.8, 4) is 0 Å². The van der Waals surface area contributed by atoms with Crippen molar-refractivity contribution in [1.82, 2.24) is 24.6 Å². The first-order valence-electron chi connectivity index (χ1n) is 8.19. The zero-order chi connectivity index (χ0) is 17.6. The highest BCUT2D eigenvalue weighted by Gasteiger charge is 2.30. The smallest absolute Gasteiger partial charge is 0.261 e. The number of nitrogens with zero attached hydrogens (tertiary/aromatic N) is 5. The molecule has 0 spiro atoms. The third kappa shape index (κ3) is 2.63. The van der Waals surface area contributed by atoms with Gasteiger partial charge in [0.2, 0.25) is 5.95 Å². The molecule has 1 aliphatic rings. The SMILES string of the molecule is CC(C)[C@@H]1CCc2c1cc(C(=O)Nc1ncc(F)cn1)c1nncn21. The van der Waals surface area contributed by atoms with E-state index in [4.69, 9.17) is 0 Å². The first kappa shape index (κ1) is 15.6. The van der Waals surface area contributed by atoms with Crippen LogP contribution in [-0.4, -0.2) is 30.5 Å². The molecule has 0 saturated carbocycles. The number of carbonyl (C=O) groups is 1. The number of anilines is 1. The third-order valence-corrected chi connectivity index (χ3v) is 4.70. The van der Waals surface area contributed by atoms with E-state index in [1.165, 1.54) is 0 Å². The van der Waals surface area contributed by atoms with Crippen LogP contribution in [0.2, 0.25) is 0 Å². The fourth-order valence-electron chi connectivity index (χ4n) is 3.50. The molecule has 7 nitrogen and oxygen atoms in total. The number of aromatic nitrogens is 5. The van der Waals surface area contributed by atoms with Gasteiger partial charge in [-0.2, -0.15) is 0 Å². The van der Waals surface area contributed by atoms with Crippen LogP contribution in [0.15, 0.2) is 24.8 Å². The lowest BCUT2D eigenvalue weighted by Gasteiger charge is -2.17. The summed E-state index contributed by atoms with van der Waals surface area (Å²) >= 11 is 0. The van der Waals surface area contributed by atoms with Crippen molar-refractivity contribution in [2.45, 2.75) is 32.6 Å². The van der Waals surface area contributed by atoms with Crippen molar-refractivity contribution in [3.05, 3.63) is 47.4 Å². The number of fused-ring (bicyclic) bond motifs is 3. The molecule has 3 aromatic heterocycles. The molecule has 0 aromatic carbocycles. The number of hydrogen-bond donors (Lipinski definition) is 1. The van der Waals surface area contributed by atoms with Gasteiger partial charge in [-0.1, -0.05) is 13.8 Å². The van der Waals surface area contributed by atoms with Gasteiger partial charge in [-0.25, -0.2) is 14.4 Å². The van der Waals surface area contributed by atoms with Crippen molar-refractivity contribution in [2.75, 3.05) is 5.32 Å². The Balaban J connectivity index is 1.76. The summed E-state index contributed by atoms with van der Waals surface area (Å²) in [5.74, 6) is -0.0242. The molecule has 1 aliphatic carbocycles. The lowest BCUT2D eigenvalue weighted by atomic mass is 9.90. The molecule has 0 fully saturated rings. The van der Waals surface area contributed by atoms with Crippen LogP contribution in [0, 0.1) is 11.7 Å². The molecule has 4 rings (SSSR count). The van der Waals surface area contributed by atoms with Crippen LogP contribution in [0.1, 0.15) is 47.8 Å². The average Bonchev–Trinajstić information content (AvgIpc) is 3.21. The quantitative estimate of drug-likeness (QED) is 0.792. The molecule has 1 atom stereocenters. The van der Waals surface area contributed by atoms with Crippen molar-refractivity contribution in [3.63, 3.8) is 0 Å². The fraction of sp³-hybridized carbons (Fsp3) is 0.353. The van der Waals surface area contributed by atoms with Gasteiger partial charge in [-0.3, -0.25) is 14.5 Å². The van der Waals surface area contributed by atoms with Crippen molar-refractivity contribution in [2.24, 2.45) is 5.92 Å². The molecule has 1 N–H and O–H groups in total. The molecule has 0 saturated heterocycles. The first-order chi connectivity index (χ1) is 12.0. The Morgan fingerprint density at radius 2 is 2.12 bits per heavy atom. The van der Waals surface area contributed by atoms with Gasteiger partial charge in [0.1, 0.15) is 6.33 Å². The van der Waals surface area contributed by atoms with E-state index in [0.717, 1.165) is 36.5 Å². The summed E-state index contributed by atoms with van der Waals surface area (Å²) in [6.07, 6.45) is 5.64. The minimum Gasteiger partial charge on any atom is -0.290 e. The molecule has 0 bridgehead atoms. The van der Waals surface area contributed by atoms with E-state index in [1.807, 2.05) is 10.5 Å². The molecule has 3 aromatic rings. The summed E-state index contributed by atoms with van der Waals surface area (Å²) in [5, 5.41) is 10.7. The summed E-state index contributed by atoms with van der Waals surface area (Å²) < 4.78 is 14.8. The van der Waals surface area contributed by atoms with Gasteiger partial charge >= 0.3 is 0 Å². The van der Waals surface area contributed by atoms with E-state index in [9.17, 15) is 9.18 Å². The van der Waals surface area contributed by atoms with Crippen molar-refractivity contribution in [1.29, 1.82) is 0 Å². The number of hydrogen-bond acceptors (Lipinski definition) is 5. The van der Waals surface area contributed by atoms with Crippen LogP contribution in [0.3, 0.4) is 0 Å². The van der Waals surface area contributed by atoms with Gasteiger partial charge < -0.3 is 0 Å². The maximum atomic E-state index is 12.9. The number of nitrogens with one attached hydrogen (secondary N) is 1. The van der Waals surface area contributed by atoms with Crippen LogP contribution in [0.5, 0.6) is 0 Å². The van der Waals surface area contributed by atoms with Crippen LogP contribution in [0.4, 0.5) is 10.3 Å². The summed E-state index contributed by atoms with van der Waals surface area (Å²) in [7, 11) is 0. The second-order valence-electron chi connectivity index (χ2n) is 6.55. The molecule has 25 heavy (non-hydrogen) atoms. The largest absolute Gasteiger partial charge is 0.290 e. The molecule has 0 aliphatic heterocycles. The molecule has 3 heterocycles. The molecule has 1 amide bonds. The molecular weight excluding hydrogens is 323 g/mol. The molecule has 0 unspecified atom stereocenters.